The molecule has 4 nitrogen and oxygen atoms in total. The van der Waals surface area contributed by atoms with E-state index in [4.69, 9.17) is 13.6 Å². The Hall–Kier alpha value is 0.110. The van der Waals surface area contributed by atoms with Gasteiger partial charge in [-0.25, -0.2) is 4.57 Å². The Morgan fingerprint density at radius 2 is 1.09 bits per heavy atom. The zero-order valence-corrected chi connectivity index (χ0v) is 24.5. The fraction of sp³-hybridized carbons (Fsp3) is 1.00. The van der Waals surface area contributed by atoms with Crippen LogP contribution in [0.4, 0.5) is 0 Å². The van der Waals surface area contributed by atoms with E-state index in [2.05, 4.69) is 55.4 Å². The average Bonchev–Trinajstić information content (AvgIpc) is 2.73. The predicted octanol–water partition coefficient (Wildman–Crippen LogP) is 10.1. The Kier molecular flexibility index (Phi) is 20.4. The summed E-state index contributed by atoms with van der Waals surface area (Å²) in [5, 5.41) is 0. The number of unbranched alkanes of at least 4 members (excludes halogenated alkanes) is 1. The van der Waals surface area contributed by atoms with Gasteiger partial charge in [0.05, 0.1) is 19.8 Å². The zero-order valence-electron chi connectivity index (χ0n) is 23.6. The molecule has 33 heavy (non-hydrogen) atoms. The van der Waals surface area contributed by atoms with Crippen LogP contribution in [0.2, 0.25) is 0 Å². The largest absolute Gasteiger partial charge is 0.474 e. The second-order valence-electron chi connectivity index (χ2n) is 11.3. The molecule has 0 heterocycles. The third-order valence-electron chi connectivity index (χ3n) is 6.69. The Morgan fingerprint density at radius 3 is 1.48 bits per heavy atom. The molecular formula is C28H59O4P. The van der Waals surface area contributed by atoms with Gasteiger partial charge in [0.1, 0.15) is 0 Å². The first-order valence-corrected chi connectivity index (χ1v) is 15.6. The molecule has 0 aliphatic carbocycles. The lowest BCUT2D eigenvalue weighted by Crippen LogP contribution is -2.12. The summed E-state index contributed by atoms with van der Waals surface area (Å²) < 4.78 is 31.0. The maximum atomic E-state index is 13.4. The van der Waals surface area contributed by atoms with Crippen molar-refractivity contribution in [2.24, 2.45) is 29.6 Å². The molecule has 200 valence electrons. The Labute approximate surface area is 207 Å². The van der Waals surface area contributed by atoms with Gasteiger partial charge in [-0.15, -0.1) is 0 Å². The van der Waals surface area contributed by atoms with E-state index in [1.807, 2.05) is 0 Å². The highest BCUT2D eigenvalue weighted by Gasteiger charge is 2.28. The molecular weight excluding hydrogens is 431 g/mol. The van der Waals surface area contributed by atoms with E-state index in [-0.39, 0.29) is 0 Å². The summed E-state index contributed by atoms with van der Waals surface area (Å²) in [5.41, 5.74) is 0. The van der Waals surface area contributed by atoms with Gasteiger partial charge < -0.3 is 0 Å². The molecule has 0 rings (SSSR count). The number of rotatable bonds is 23. The highest BCUT2D eigenvalue weighted by atomic mass is 31.2. The zero-order chi connectivity index (χ0) is 25.1. The van der Waals surface area contributed by atoms with Gasteiger partial charge in [0.2, 0.25) is 0 Å². The summed E-state index contributed by atoms with van der Waals surface area (Å²) in [6, 6.07) is 0. The van der Waals surface area contributed by atoms with E-state index in [9.17, 15) is 4.57 Å². The van der Waals surface area contributed by atoms with Crippen LogP contribution in [0.25, 0.3) is 0 Å². The molecule has 0 aromatic carbocycles. The van der Waals surface area contributed by atoms with Crippen molar-refractivity contribution in [1.82, 2.24) is 0 Å². The van der Waals surface area contributed by atoms with Crippen LogP contribution in [-0.4, -0.2) is 19.8 Å². The Balaban J connectivity index is 4.62. The van der Waals surface area contributed by atoms with Crippen molar-refractivity contribution in [2.45, 2.75) is 132 Å². The molecule has 0 aromatic rings. The van der Waals surface area contributed by atoms with Crippen LogP contribution in [0.15, 0.2) is 0 Å². The lowest BCUT2D eigenvalue weighted by atomic mass is 9.98. The lowest BCUT2D eigenvalue weighted by molar-refractivity contribution is 0.0897. The summed E-state index contributed by atoms with van der Waals surface area (Å²) in [6.45, 7) is 19.3. The van der Waals surface area contributed by atoms with Crippen LogP contribution in [0.3, 0.4) is 0 Å². The van der Waals surface area contributed by atoms with Gasteiger partial charge in [0, 0.05) is 0 Å². The first-order chi connectivity index (χ1) is 15.6. The maximum Gasteiger partial charge on any atom is 0.474 e. The summed E-state index contributed by atoms with van der Waals surface area (Å²) in [4.78, 5) is 0. The van der Waals surface area contributed by atoms with Crippen molar-refractivity contribution in [2.75, 3.05) is 19.8 Å². The SMILES string of the molecule is CCCCC(CC)COP(=O)(OCCC(C)CCCC(C)C)OCCC(C)CCCC(C)C. The van der Waals surface area contributed by atoms with E-state index in [0.29, 0.717) is 37.6 Å². The number of hydrogen-bond acceptors (Lipinski definition) is 4. The minimum absolute atomic E-state index is 0.412. The van der Waals surface area contributed by atoms with Crippen LogP contribution >= 0.6 is 7.82 Å². The minimum atomic E-state index is -3.51. The third kappa shape index (κ3) is 20.0. The quantitative estimate of drug-likeness (QED) is 0.134. The number of phosphoric acid groups is 1. The van der Waals surface area contributed by atoms with Gasteiger partial charge in [-0.1, -0.05) is 113 Å². The smallest absolute Gasteiger partial charge is 0.287 e. The summed E-state index contributed by atoms with van der Waals surface area (Å²) in [5.74, 6) is 3.04. The molecule has 0 spiro atoms. The maximum absolute atomic E-state index is 13.4. The third-order valence-corrected chi connectivity index (χ3v) is 8.15. The molecule has 0 radical (unpaired) electrons. The molecule has 3 unspecified atom stereocenters. The molecule has 5 heteroatoms. The highest BCUT2D eigenvalue weighted by Crippen LogP contribution is 2.50. The van der Waals surface area contributed by atoms with Crippen molar-refractivity contribution in [1.29, 1.82) is 0 Å². The van der Waals surface area contributed by atoms with Crippen LogP contribution in [0.5, 0.6) is 0 Å². The van der Waals surface area contributed by atoms with Crippen LogP contribution in [0, 0.1) is 29.6 Å². The second-order valence-corrected chi connectivity index (χ2v) is 12.9. The van der Waals surface area contributed by atoms with Gasteiger partial charge in [-0.2, -0.15) is 0 Å². The molecule has 3 atom stereocenters. The standard InChI is InChI=1S/C28H59O4P/c1-9-11-18-28(10-2)23-32-33(29,30-21-19-26(7)16-12-14-24(3)4)31-22-20-27(8)17-13-15-25(5)6/h24-28H,9-23H2,1-8H3. The van der Waals surface area contributed by atoms with Crippen LogP contribution in [0.1, 0.15) is 132 Å². The minimum Gasteiger partial charge on any atom is -0.287 e. The predicted molar refractivity (Wildman–Crippen MR) is 144 cm³/mol. The summed E-state index contributed by atoms with van der Waals surface area (Å²) >= 11 is 0. The van der Waals surface area contributed by atoms with E-state index < -0.39 is 7.82 Å². The number of phosphoric ester groups is 1. The van der Waals surface area contributed by atoms with Crippen molar-refractivity contribution in [3.8, 4) is 0 Å². The fourth-order valence-corrected chi connectivity index (χ4v) is 5.25. The van der Waals surface area contributed by atoms with Crippen molar-refractivity contribution >= 4 is 7.82 Å². The van der Waals surface area contributed by atoms with Gasteiger partial charge in [0.25, 0.3) is 0 Å². The molecule has 0 N–H and O–H groups in total. The topological polar surface area (TPSA) is 44.8 Å². The van der Waals surface area contributed by atoms with Crippen molar-refractivity contribution in [3.05, 3.63) is 0 Å². The molecule has 0 bridgehead atoms. The van der Waals surface area contributed by atoms with E-state index in [1.54, 1.807) is 0 Å². The monoisotopic (exact) mass is 490 g/mol. The number of hydrogen-bond donors (Lipinski definition) is 0. The molecule has 0 amide bonds. The van der Waals surface area contributed by atoms with Gasteiger partial charge in [-0.05, 0) is 48.9 Å². The molecule has 0 saturated carbocycles. The lowest BCUT2D eigenvalue weighted by Gasteiger charge is -2.22. The van der Waals surface area contributed by atoms with Gasteiger partial charge in [-0.3, -0.25) is 13.6 Å². The van der Waals surface area contributed by atoms with Crippen molar-refractivity contribution in [3.63, 3.8) is 0 Å². The van der Waals surface area contributed by atoms with Gasteiger partial charge >= 0.3 is 7.82 Å². The second kappa shape index (κ2) is 20.3. The summed E-state index contributed by atoms with van der Waals surface area (Å²) in [6.07, 6.45) is 13.7. The average molecular weight is 491 g/mol. The molecule has 0 aliphatic rings. The Morgan fingerprint density at radius 1 is 0.606 bits per heavy atom. The van der Waals surface area contributed by atoms with Crippen molar-refractivity contribution < 1.29 is 18.1 Å². The fourth-order valence-electron chi connectivity index (χ4n) is 3.98. The van der Waals surface area contributed by atoms with Crippen LogP contribution < -0.4 is 0 Å². The molecule has 0 aromatic heterocycles. The van der Waals surface area contributed by atoms with E-state index in [0.717, 1.165) is 37.5 Å². The highest BCUT2D eigenvalue weighted by molar-refractivity contribution is 7.48. The first kappa shape index (κ1) is 33.1. The normalized spacial score (nSPS) is 16.8. The summed E-state index contributed by atoms with van der Waals surface area (Å²) in [7, 11) is -3.51. The van der Waals surface area contributed by atoms with E-state index >= 15 is 0 Å². The van der Waals surface area contributed by atoms with Crippen LogP contribution in [-0.2, 0) is 18.1 Å². The Bertz CT molecular complexity index is 451. The van der Waals surface area contributed by atoms with E-state index in [1.165, 1.54) is 51.4 Å². The van der Waals surface area contributed by atoms with Gasteiger partial charge in [0.15, 0.2) is 0 Å². The molecule has 0 saturated heterocycles. The molecule has 0 fully saturated rings. The first-order valence-electron chi connectivity index (χ1n) is 14.1. The molecule has 0 aliphatic heterocycles.